The summed E-state index contributed by atoms with van der Waals surface area (Å²) >= 11 is 0. The lowest BCUT2D eigenvalue weighted by Gasteiger charge is -2.72. The van der Waals surface area contributed by atoms with Crippen molar-refractivity contribution in [3.63, 3.8) is 0 Å². The fourth-order valence-corrected chi connectivity index (χ4v) is 7.36. The van der Waals surface area contributed by atoms with Gasteiger partial charge >= 0.3 is 0 Å². The molecule has 4 heteroatoms. The summed E-state index contributed by atoms with van der Waals surface area (Å²) in [5.41, 5.74) is 1.45. The third-order valence-corrected chi connectivity index (χ3v) is 8.48. The number of Topliss-reactive ketones (excluding diaryl/α,β-unsaturated/α-hetero) is 1. The number of hydrogen-bond acceptors (Lipinski definition) is 4. The van der Waals surface area contributed by atoms with Gasteiger partial charge in [0.25, 0.3) is 0 Å². The lowest BCUT2D eigenvalue weighted by Crippen LogP contribution is -2.84. The van der Waals surface area contributed by atoms with Gasteiger partial charge in [-0.1, -0.05) is 57.0 Å². The van der Waals surface area contributed by atoms with Crippen LogP contribution in [0.15, 0.2) is 30.3 Å². The molecule has 0 aromatic heterocycles. The predicted octanol–water partition coefficient (Wildman–Crippen LogP) is 3.77. The van der Waals surface area contributed by atoms with Gasteiger partial charge in [-0.05, 0) is 31.2 Å². The van der Waals surface area contributed by atoms with E-state index in [9.17, 15) is 4.79 Å². The van der Waals surface area contributed by atoms with Crippen molar-refractivity contribution in [3.8, 4) is 0 Å². The monoisotopic (exact) mass is 395 g/mol. The number of carbonyl (C=O) groups is 1. The molecule has 4 nitrogen and oxygen atoms in total. The normalized spacial score (nSPS) is 38.1. The number of carbonyl (C=O) groups excluding carboxylic acids is 1. The quantitative estimate of drug-likeness (QED) is 0.733. The molecular weight excluding hydrogens is 358 g/mol. The van der Waals surface area contributed by atoms with Gasteiger partial charge in [-0.15, -0.1) is 0 Å². The molecule has 0 amide bonds. The molecule has 5 saturated heterocycles. The topological polar surface area (TPSA) is 26.8 Å². The van der Waals surface area contributed by atoms with E-state index in [1.807, 2.05) is 0 Å². The van der Waals surface area contributed by atoms with Gasteiger partial charge in [0, 0.05) is 45.8 Å². The van der Waals surface area contributed by atoms with E-state index in [-0.39, 0.29) is 16.5 Å². The first kappa shape index (κ1) is 19.7. The number of likely N-dealkylation sites (tertiary alicyclic amines) is 1. The van der Waals surface area contributed by atoms with E-state index < -0.39 is 0 Å². The zero-order valence-corrected chi connectivity index (χ0v) is 18.3. The first-order valence-corrected chi connectivity index (χ1v) is 11.9. The summed E-state index contributed by atoms with van der Waals surface area (Å²) in [4.78, 5) is 21.9. The van der Waals surface area contributed by atoms with Gasteiger partial charge in [0.05, 0.1) is 16.5 Å². The Morgan fingerprint density at radius 1 is 0.828 bits per heavy atom. The Morgan fingerprint density at radius 2 is 1.34 bits per heavy atom. The number of rotatable bonds is 6. The highest BCUT2D eigenvalue weighted by Gasteiger charge is 2.68. The summed E-state index contributed by atoms with van der Waals surface area (Å²) in [7, 11) is 0. The smallest absolute Gasteiger partial charge is 0.150 e. The summed E-state index contributed by atoms with van der Waals surface area (Å²) in [6, 6.07) is 10.9. The van der Waals surface area contributed by atoms with E-state index in [1.54, 1.807) is 0 Å². The van der Waals surface area contributed by atoms with Gasteiger partial charge in [0.15, 0.2) is 0 Å². The summed E-state index contributed by atoms with van der Waals surface area (Å²) in [5.74, 6) is 0.623. The van der Waals surface area contributed by atoms with Crippen molar-refractivity contribution in [3.05, 3.63) is 35.9 Å². The highest BCUT2D eigenvalue weighted by Crippen LogP contribution is 2.57. The second-order valence-corrected chi connectivity index (χ2v) is 10.3. The Labute approximate surface area is 176 Å². The maximum atomic E-state index is 13.7. The molecular formula is C25H37N3O. The molecule has 6 rings (SSSR count). The van der Waals surface area contributed by atoms with Crippen molar-refractivity contribution in [2.24, 2.45) is 10.8 Å². The molecule has 0 saturated carbocycles. The van der Waals surface area contributed by atoms with Crippen LogP contribution in [0.2, 0.25) is 0 Å². The third-order valence-electron chi connectivity index (χ3n) is 8.48. The summed E-state index contributed by atoms with van der Waals surface area (Å²) < 4.78 is 0. The zero-order valence-electron chi connectivity index (χ0n) is 18.3. The lowest BCUT2D eigenvalue weighted by molar-refractivity contribution is -0.248. The van der Waals surface area contributed by atoms with E-state index in [1.165, 1.54) is 18.4 Å². The lowest BCUT2D eigenvalue weighted by atomic mass is 9.56. The molecule has 5 aliphatic rings. The molecule has 5 aliphatic heterocycles. The minimum Gasteiger partial charge on any atom is -0.299 e. The number of nitrogens with zero attached hydrogens (tertiary/aromatic N) is 3. The van der Waals surface area contributed by atoms with Crippen LogP contribution in [0.1, 0.15) is 57.9 Å². The highest BCUT2D eigenvalue weighted by atomic mass is 16.1. The van der Waals surface area contributed by atoms with Gasteiger partial charge in [-0.3, -0.25) is 19.5 Å². The van der Waals surface area contributed by atoms with E-state index in [2.05, 4.69) is 58.9 Å². The van der Waals surface area contributed by atoms with E-state index in [0.29, 0.717) is 5.78 Å². The van der Waals surface area contributed by atoms with Crippen molar-refractivity contribution in [2.75, 3.05) is 39.3 Å². The number of ketones is 1. The van der Waals surface area contributed by atoms with Crippen LogP contribution in [0.5, 0.6) is 0 Å². The van der Waals surface area contributed by atoms with Crippen molar-refractivity contribution in [2.45, 2.75) is 64.6 Å². The zero-order chi connectivity index (χ0) is 20.1. The van der Waals surface area contributed by atoms with Crippen LogP contribution < -0.4 is 0 Å². The average Bonchev–Trinajstić information content (AvgIpc) is 2.71. The summed E-state index contributed by atoms with van der Waals surface area (Å²) in [6.45, 7) is 12.0. The standard InChI is InChI=1S/C25H37N3O/c1-3-10-23-17-27-19-24(11-4-2,22(23)29)20-28(18-23)25(27)12-14-26(15-13-25)16-21-8-6-5-7-9-21/h5-9H,3-4,10-20H2,1-2H3. The van der Waals surface area contributed by atoms with Crippen LogP contribution in [0, 0.1) is 10.8 Å². The molecule has 0 aliphatic carbocycles. The summed E-state index contributed by atoms with van der Waals surface area (Å²) in [5, 5.41) is 0. The Balaban J connectivity index is 1.36. The largest absolute Gasteiger partial charge is 0.299 e. The van der Waals surface area contributed by atoms with Crippen molar-refractivity contribution in [1.82, 2.24) is 14.7 Å². The number of piperidine rings is 3. The average molecular weight is 396 g/mol. The minimum atomic E-state index is -0.0904. The van der Waals surface area contributed by atoms with Crippen LogP contribution in [-0.4, -0.2) is 65.4 Å². The second-order valence-electron chi connectivity index (χ2n) is 10.3. The Kier molecular flexibility index (Phi) is 4.88. The van der Waals surface area contributed by atoms with E-state index in [0.717, 1.165) is 71.5 Å². The highest BCUT2D eigenvalue weighted by molar-refractivity contribution is 5.93. The molecule has 0 radical (unpaired) electrons. The van der Waals surface area contributed by atoms with Crippen LogP contribution in [0.3, 0.4) is 0 Å². The second kappa shape index (κ2) is 7.18. The number of hydrogen-bond donors (Lipinski definition) is 0. The maximum absolute atomic E-state index is 13.7. The van der Waals surface area contributed by atoms with Crippen molar-refractivity contribution >= 4 is 5.78 Å². The van der Waals surface area contributed by atoms with Gasteiger partial charge in [0.2, 0.25) is 0 Å². The molecule has 1 aromatic carbocycles. The van der Waals surface area contributed by atoms with Gasteiger partial charge in [-0.2, -0.15) is 0 Å². The fraction of sp³-hybridized carbons (Fsp3) is 0.720. The molecule has 29 heavy (non-hydrogen) atoms. The maximum Gasteiger partial charge on any atom is 0.150 e. The van der Waals surface area contributed by atoms with Crippen molar-refractivity contribution < 1.29 is 4.79 Å². The summed E-state index contributed by atoms with van der Waals surface area (Å²) in [6.07, 6.45) is 6.82. The van der Waals surface area contributed by atoms with Crippen LogP contribution in [0.25, 0.3) is 0 Å². The SMILES string of the molecule is CCCC12CN3CC(CCC)(CN(C1)C31CCN(Cc3ccccc3)CC1)C2=O. The molecule has 158 valence electrons. The molecule has 5 fully saturated rings. The molecule has 1 aromatic rings. The molecule has 0 N–H and O–H groups in total. The van der Waals surface area contributed by atoms with E-state index >= 15 is 0 Å². The first-order valence-electron chi connectivity index (χ1n) is 11.9. The Morgan fingerprint density at radius 3 is 1.83 bits per heavy atom. The Hall–Kier alpha value is -1.23. The van der Waals surface area contributed by atoms with E-state index in [4.69, 9.17) is 0 Å². The van der Waals surface area contributed by atoms with Crippen LogP contribution in [-0.2, 0) is 11.3 Å². The predicted molar refractivity (Wildman–Crippen MR) is 117 cm³/mol. The van der Waals surface area contributed by atoms with Gasteiger partial charge in [-0.25, -0.2) is 0 Å². The van der Waals surface area contributed by atoms with Crippen LogP contribution >= 0.6 is 0 Å². The minimum absolute atomic E-state index is 0.0904. The molecule has 5 heterocycles. The third kappa shape index (κ3) is 2.94. The van der Waals surface area contributed by atoms with Gasteiger partial charge in [0.1, 0.15) is 5.78 Å². The first-order chi connectivity index (χ1) is 14.1. The molecule has 1 spiro atoms. The van der Waals surface area contributed by atoms with Crippen LogP contribution in [0.4, 0.5) is 0 Å². The van der Waals surface area contributed by atoms with Gasteiger partial charge < -0.3 is 0 Å². The van der Waals surface area contributed by atoms with Crippen molar-refractivity contribution in [1.29, 1.82) is 0 Å². The molecule has 4 bridgehead atoms. The molecule has 0 atom stereocenters. The molecule has 0 unspecified atom stereocenters. The number of benzene rings is 1. The fourth-order valence-electron chi connectivity index (χ4n) is 7.36. The Bertz CT molecular complexity index is 707.